The minimum absolute atomic E-state index is 0.640. The summed E-state index contributed by atoms with van der Waals surface area (Å²) in [5.41, 5.74) is 4.14. The third kappa shape index (κ3) is 3.84. The smallest absolute Gasteiger partial charge is 0.226 e. The van der Waals surface area contributed by atoms with Crippen molar-refractivity contribution in [2.75, 3.05) is 37.7 Å². The molecule has 29 heavy (non-hydrogen) atoms. The molecule has 5 rings (SSSR count). The molecular weight excluding hydrogens is 364 g/mol. The molecule has 2 aliphatic heterocycles. The lowest BCUT2D eigenvalue weighted by molar-refractivity contribution is 0.122. The maximum atomic E-state index is 5.43. The van der Waals surface area contributed by atoms with Crippen LogP contribution in [0.1, 0.15) is 25.1 Å². The summed E-state index contributed by atoms with van der Waals surface area (Å²) >= 11 is 0. The summed E-state index contributed by atoms with van der Waals surface area (Å²) in [4.78, 5) is 16.1. The van der Waals surface area contributed by atoms with Gasteiger partial charge in [0.25, 0.3) is 0 Å². The van der Waals surface area contributed by atoms with Crippen LogP contribution in [-0.2, 0) is 11.3 Å². The zero-order valence-electron chi connectivity index (χ0n) is 16.9. The first-order chi connectivity index (χ1) is 14.3. The molecule has 7 nitrogen and oxygen atoms in total. The quantitative estimate of drug-likeness (QED) is 0.721. The second kappa shape index (κ2) is 8.08. The van der Waals surface area contributed by atoms with Gasteiger partial charge >= 0.3 is 0 Å². The van der Waals surface area contributed by atoms with E-state index in [9.17, 15) is 0 Å². The fourth-order valence-electron chi connectivity index (χ4n) is 4.35. The van der Waals surface area contributed by atoms with E-state index in [1.165, 1.54) is 18.4 Å². The topological polar surface area (TPSA) is 68.1 Å². The van der Waals surface area contributed by atoms with E-state index in [2.05, 4.69) is 51.1 Å². The molecule has 0 amide bonds. The molecule has 2 saturated heterocycles. The number of aryl methyl sites for hydroxylation is 2. The fourth-order valence-corrected chi connectivity index (χ4v) is 4.35. The van der Waals surface area contributed by atoms with Crippen molar-refractivity contribution in [3.05, 3.63) is 36.3 Å². The first kappa shape index (κ1) is 18.5. The molecular formula is C22H27N6O. The molecule has 0 saturated carbocycles. The van der Waals surface area contributed by atoms with Gasteiger partial charge in [-0.15, -0.1) is 0 Å². The molecule has 4 heterocycles. The number of nitrogens with zero attached hydrogens (tertiary/aromatic N) is 5. The first-order valence-electron chi connectivity index (χ1n) is 10.6. The Morgan fingerprint density at radius 2 is 2.14 bits per heavy atom. The van der Waals surface area contributed by atoms with E-state index >= 15 is 0 Å². The third-order valence-electron chi connectivity index (χ3n) is 5.98. The summed E-state index contributed by atoms with van der Waals surface area (Å²) in [7, 11) is 0. The Morgan fingerprint density at radius 3 is 2.97 bits per heavy atom. The standard InChI is InChI=1S/C22H27N6O/c1-16-25-20-15-17(4-5-21(20)28(16)10-7-18-3-2-8-23-18)19-6-9-24-22(26-19)27-11-13-29-14-12-27/h4-6,15,18,23H,2-3,7-8,10-14H2,1H3. The Kier molecular flexibility index (Phi) is 5.16. The van der Waals surface area contributed by atoms with Crippen LogP contribution in [0, 0.1) is 13.1 Å². The molecule has 1 aromatic carbocycles. The molecule has 1 unspecified atom stereocenters. The number of morpholine rings is 1. The molecule has 3 aromatic rings. The SMILES string of the molecule is Cc1nc2cc(-c3c[c]nc(N4CCOCC4)n3)ccc2n1CCC1CCCN1. The van der Waals surface area contributed by atoms with Gasteiger partial charge < -0.3 is 19.5 Å². The monoisotopic (exact) mass is 391 g/mol. The minimum Gasteiger partial charge on any atom is -0.378 e. The number of rotatable bonds is 5. The van der Waals surface area contributed by atoms with Crippen molar-refractivity contribution in [3.63, 3.8) is 0 Å². The summed E-state index contributed by atoms with van der Waals surface area (Å²) < 4.78 is 7.77. The lowest BCUT2D eigenvalue weighted by Gasteiger charge is -2.26. The third-order valence-corrected chi connectivity index (χ3v) is 5.98. The van der Waals surface area contributed by atoms with Crippen LogP contribution in [0.5, 0.6) is 0 Å². The highest BCUT2D eigenvalue weighted by atomic mass is 16.5. The Balaban J connectivity index is 1.40. The molecule has 7 heteroatoms. The zero-order valence-corrected chi connectivity index (χ0v) is 16.9. The number of ether oxygens (including phenoxy) is 1. The van der Waals surface area contributed by atoms with Gasteiger partial charge in [-0.05, 0) is 50.9 Å². The summed E-state index contributed by atoms with van der Waals surface area (Å²) in [6.45, 7) is 7.31. The number of aromatic nitrogens is 4. The molecule has 151 valence electrons. The maximum absolute atomic E-state index is 5.43. The number of hydrogen-bond acceptors (Lipinski definition) is 6. The van der Waals surface area contributed by atoms with E-state index in [-0.39, 0.29) is 0 Å². The van der Waals surface area contributed by atoms with E-state index in [1.54, 1.807) is 0 Å². The minimum atomic E-state index is 0.640. The molecule has 0 aliphatic carbocycles. The molecule has 0 bridgehead atoms. The van der Waals surface area contributed by atoms with E-state index < -0.39 is 0 Å². The largest absolute Gasteiger partial charge is 0.378 e. The predicted molar refractivity (Wildman–Crippen MR) is 113 cm³/mol. The van der Waals surface area contributed by atoms with E-state index in [0.29, 0.717) is 19.3 Å². The Hall–Kier alpha value is -2.51. The van der Waals surface area contributed by atoms with Gasteiger partial charge in [0.05, 0.1) is 36.1 Å². The number of nitrogens with one attached hydrogen (secondary N) is 1. The van der Waals surface area contributed by atoms with Crippen molar-refractivity contribution >= 4 is 17.0 Å². The van der Waals surface area contributed by atoms with Gasteiger partial charge in [-0.1, -0.05) is 6.07 Å². The van der Waals surface area contributed by atoms with Crippen molar-refractivity contribution in [2.24, 2.45) is 0 Å². The van der Waals surface area contributed by atoms with E-state index in [0.717, 1.165) is 61.1 Å². The molecule has 2 fully saturated rings. The summed E-state index contributed by atoms with van der Waals surface area (Å²) in [6.07, 6.45) is 6.74. The van der Waals surface area contributed by atoms with Gasteiger partial charge in [0, 0.05) is 31.2 Å². The molecule has 2 aliphatic rings. The lowest BCUT2D eigenvalue weighted by Crippen LogP contribution is -2.37. The van der Waals surface area contributed by atoms with Crippen LogP contribution in [0.3, 0.4) is 0 Å². The van der Waals surface area contributed by atoms with Gasteiger partial charge in [0.2, 0.25) is 5.95 Å². The van der Waals surface area contributed by atoms with Crippen LogP contribution in [0.25, 0.3) is 22.3 Å². The molecule has 1 radical (unpaired) electrons. The predicted octanol–water partition coefficient (Wildman–Crippen LogP) is 2.58. The number of hydrogen-bond donors (Lipinski definition) is 1. The van der Waals surface area contributed by atoms with Crippen LogP contribution in [-0.4, -0.2) is 58.4 Å². The van der Waals surface area contributed by atoms with Crippen LogP contribution in [0.4, 0.5) is 5.95 Å². The molecule has 2 aromatic heterocycles. The molecule has 0 spiro atoms. The van der Waals surface area contributed by atoms with Gasteiger partial charge in [-0.2, -0.15) is 0 Å². The number of fused-ring (bicyclic) bond motifs is 1. The number of benzene rings is 1. The highest BCUT2D eigenvalue weighted by molar-refractivity contribution is 5.82. The van der Waals surface area contributed by atoms with Crippen molar-refractivity contribution in [3.8, 4) is 11.3 Å². The summed E-state index contributed by atoms with van der Waals surface area (Å²) in [6, 6.07) is 8.92. The summed E-state index contributed by atoms with van der Waals surface area (Å²) in [5, 5.41) is 3.59. The Labute approximate surface area is 171 Å². The van der Waals surface area contributed by atoms with Gasteiger partial charge in [-0.3, -0.25) is 0 Å². The van der Waals surface area contributed by atoms with E-state index in [1.807, 2.05) is 6.07 Å². The fraction of sp³-hybridized carbons (Fsp3) is 0.500. The van der Waals surface area contributed by atoms with Gasteiger partial charge in [0.1, 0.15) is 5.82 Å². The van der Waals surface area contributed by atoms with Crippen molar-refractivity contribution in [1.82, 2.24) is 24.8 Å². The number of anilines is 1. The van der Waals surface area contributed by atoms with Gasteiger partial charge in [0.15, 0.2) is 0 Å². The van der Waals surface area contributed by atoms with Crippen LogP contribution in [0.15, 0.2) is 24.3 Å². The van der Waals surface area contributed by atoms with Crippen LogP contribution >= 0.6 is 0 Å². The maximum Gasteiger partial charge on any atom is 0.226 e. The first-order valence-corrected chi connectivity index (χ1v) is 10.6. The van der Waals surface area contributed by atoms with E-state index in [4.69, 9.17) is 14.7 Å². The number of imidazole rings is 1. The second-order valence-corrected chi connectivity index (χ2v) is 7.88. The van der Waals surface area contributed by atoms with Crippen LogP contribution in [0.2, 0.25) is 0 Å². The van der Waals surface area contributed by atoms with Crippen molar-refractivity contribution in [1.29, 1.82) is 0 Å². The van der Waals surface area contributed by atoms with Crippen LogP contribution < -0.4 is 10.2 Å². The van der Waals surface area contributed by atoms with Crippen molar-refractivity contribution in [2.45, 2.75) is 38.8 Å². The summed E-state index contributed by atoms with van der Waals surface area (Å²) in [5.74, 6) is 1.79. The molecule has 1 atom stereocenters. The Morgan fingerprint density at radius 1 is 1.24 bits per heavy atom. The normalized spacial score (nSPS) is 19.9. The molecule has 1 N–H and O–H groups in total. The highest BCUT2D eigenvalue weighted by Crippen LogP contribution is 2.25. The average Bonchev–Trinajstić information content (AvgIpc) is 3.39. The highest BCUT2D eigenvalue weighted by Gasteiger charge is 2.17. The zero-order chi connectivity index (χ0) is 19.6. The second-order valence-electron chi connectivity index (χ2n) is 7.88. The van der Waals surface area contributed by atoms with Gasteiger partial charge in [-0.25, -0.2) is 15.0 Å². The lowest BCUT2D eigenvalue weighted by atomic mass is 10.1. The van der Waals surface area contributed by atoms with Crippen molar-refractivity contribution < 1.29 is 4.74 Å². The average molecular weight is 391 g/mol. The Bertz CT molecular complexity index is 988.